The molecule has 3 aromatic carbocycles. The minimum absolute atomic E-state index is 0.0882. The Morgan fingerprint density at radius 1 is 0.844 bits per heavy atom. The molecule has 236 valence electrons. The fourth-order valence-electron chi connectivity index (χ4n) is 5.48. The van der Waals surface area contributed by atoms with Crippen LogP contribution in [0.1, 0.15) is 66.5 Å². The Bertz CT molecular complexity index is 1640. The quantitative estimate of drug-likeness (QED) is 0.147. The van der Waals surface area contributed by atoms with Crippen molar-refractivity contribution in [1.82, 2.24) is 0 Å². The molecule has 2 aliphatic rings. The van der Waals surface area contributed by atoms with Crippen LogP contribution in [0, 0.1) is 0 Å². The highest BCUT2D eigenvalue weighted by molar-refractivity contribution is 6.11. The largest absolute Gasteiger partial charge is 0.429 e. The van der Waals surface area contributed by atoms with Crippen molar-refractivity contribution >= 4 is 34.5 Å². The van der Waals surface area contributed by atoms with Gasteiger partial charge in [0.1, 0.15) is 18.3 Å². The summed E-state index contributed by atoms with van der Waals surface area (Å²) >= 11 is 0. The number of esters is 1. The number of ketones is 1. The Labute approximate surface area is 263 Å². The topological polar surface area (TPSA) is 129 Å². The van der Waals surface area contributed by atoms with E-state index in [0.717, 1.165) is 28.1 Å². The third-order valence-corrected chi connectivity index (χ3v) is 8.04. The number of para-hydroxylation sites is 1. The van der Waals surface area contributed by atoms with E-state index in [4.69, 9.17) is 9.47 Å². The van der Waals surface area contributed by atoms with E-state index in [1.54, 1.807) is 24.3 Å². The fourth-order valence-corrected chi connectivity index (χ4v) is 5.48. The van der Waals surface area contributed by atoms with Gasteiger partial charge in [-0.1, -0.05) is 59.7 Å². The molecule has 1 fully saturated rings. The van der Waals surface area contributed by atoms with Crippen LogP contribution in [0.4, 0.5) is 22.7 Å². The molecule has 4 N–H and O–H groups in total. The van der Waals surface area contributed by atoms with Gasteiger partial charge >= 0.3 is 5.97 Å². The number of carbonyl (C=O) groups excluding carboxylic acids is 2. The van der Waals surface area contributed by atoms with Crippen molar-refractivity contribution in [3.05, 3.63) is 106 Å². The van der Waals surface area contributed by atoms with E-state index < -0.39 is 36.7 Å². The van der Waals surface area contributed by atoms with Gasteiger partial charge < -0.3 is 35.0 Å². The second kappa shape index (κ2) is 13.4. The highest BCUT2D eigenvalue weighted by Gasteiger charge is 2.44. The van der Waals surface area contributed by atoms with Crippen molar-refractivity contribution in [3.8, 4) is 0 Å². The van der Waals surface area contributed by atoms with Gasteiger partial charge in [0.25, 0.3) is 0 Å². The van der Waals surface area contributed by atoms with Crippen LogP contribution >= 0.6 is 0 Å². The smallest absolute Gasteiger partial charge is 0.342 e. The van der Waals surface area contributed by atoms with Gasteiger partial charge in [0.15, 0.2) is 5.78 Å². The molecular weight excluding hydrogens is 572 g/mol. The molecule has 0 bridgehead atoms. The van der Waals surface area contributed by atoms with Gasteiger partial charge in [-0.3, -0.25) is 4.79 Å². The van der Waals surface area contributed by atoms with Crippen molar-refractivity contribution in [1.29, 1.82) is 0 Å². The van der Waals surface area contributed by atoms with Gasteiger partial charge in [0.05, 0.1) is 34.4 Å². The number of carbonyl (C=O) groups is 2. The van der Waals surface area contributed by atoms with Gasteiger partial charge in [0, 0.05) is 17.7 Å². The number of ether oxygens (including phenoxy) is 2. The molecule has 5 rings (SSSR count). The Morgan fingerprint density at radius 2 is 1.56 bits per heavy atom. The average Bonchev–Trinajstić information content (AvgIpc) is 3.02. The molecule has 1 saturated heterocycles. The second-order valence-corrected chi connectivity index (χ2v) is 12.0. The average molecular weight is 613 g/mol. The summed E-state index contributed by atoms with van der Waals surface area (Å²) in [6.07, 6.45) is -2.10. The van der Waals surface area contributed by atoms with Crippen molar-refractivity contribution in [2.24, 2.45) is 0 Å². The molecule has 0 spiro atoms. The Morgan fingerprint density at radius 3 is 2.24 bits per heavy atom. The van der Waals surface area contributed by atoms with Gasteiger partial charge in [0.2, 0.25) is 6.29 Å². The molecule has 9 nitrogen and oxygen atoms in total. The van der Waals surface area contributed by atoms with E-state index in [-0.39, 0.29) is 11.3 Å². The first kappa shape index (κ1) is 32.1. The third kappa shape index (κ3) is 6.72. The summed E-state index contributed by atoms with van der Waals surface area (Å²) in [7, 11) is 0. The van der Waals surface area contributed by atoms with E-state index in [0.29, 0.717) is 35.5 Å². The van der Waals surface area contributed by atoms with Crippen LogP contribution in [0.2, 0.25) is 0 Å². The number of aliphatic hydroxyl groups excluding tert-OH is 3. The molecule has 45 heavy (non-hydrogen) atoms. The monoisotopic (exact) mass is 612 g/mol. The van der Waals surface area contributed by atoms with E-state index in [2.05, 4.69) is 22.4 Å². The lowest BCUT2D eigenvalue weighted by Crippen LogP contribution is -2.57. The summed E-state index contributed by atoms with van der Waals surface area (Å²) in [5.41, 5.74) is 7.19. The molecule has 9 heteroatoms. The third-order valence-electron chi connectivity index (χ3n) is 8.04. The van der Waals surface area contributed by atoms with E-state index in [9.17, 15) is 24.9 Å². The fraction of sp³-hybridized carbons (Fsp3) is 0.333. The Hall–Kier alpha value is -4.28. The van der Waals surface area contributed by atoms with Crippen molar-refractivity contribution in [3.63, 3.8) is 0 Å². The summed E-state index contributed by atoms with van der Waals surface area (Å²) in [4.78, 5) is 29.4. The van der Waals surface area contributed by atoms with E-state index in [1.165, 1.54) is 6.92 Å². The van der Waals surface area contributed by atoms with Crippen molar-refractivity contribution in [2.45, 2.75) is 71.7 Å². The zero-order chi connectivity index (χ0) is 32.4. The molecule has 0 aromatic heterocycles. The molecule has 0 radical (unpaired) electrons. The van der Waals surface area contributed by atoms with Gasteiger partial charge in [-0.2, -0.15) is 0 Å². The first-order valence-corrected chi connectivity index (χ1v) is 15.1. The van der Waals surface area contributed by atoms with E-state index >= 15 is 0 Å². The standard InChI is InChI=1S/C36H40N2O7/c1-20(2)14-15-24-18-25(32(40)23-10-7-6-8-11-23)19-28-29(24)37-30-26(12-9-13-27(30)38(28)17-16-21(3)4)35(43)45-36-34(42)33(41)31(39)22(5)44-36/h6-14,16,18-19,22,31,33-34,36-37,39,41-42H,15,17H2,1-5H3/t22?,31-,33?,34?,36-/m0/s1. The number of benzene rings is 3. The number of allylic oxidation sites excluding steroid dienone is 3. The van der Waals surface area contributed by atoms with Gasteiger partial charge in [-0.15, -0.1) is 0 Å². The number of fused-ring (bicyclic) bond motifs is 2. The lowest BCUT2D eigenvalue weighted by molar-refractivity contribution is -0.276. The van der Waals surface area contributed by atoms with Crippen LogP contribution < -0.4 is 10.2 Å². The maximum absolute atomic E-state index is 13.7. The molecule has 3 aromatic rings. The summed E-state index contributed by atoms with van der Waals surface area (Å²) in [6.45, 7) is 10.0. The number of nitrogens with one attached hydrogen (secondary N) is 1. The first-order chi connectivity index (χ1) is 21.5. The van der Waals surface area contributed by atoms with E-state index in [1.807, 2.05) is 64.1 Å². The molecular formula is C36H40N2O7. The van der Waals surface area contributed by atoms with Crippen LogP contribution in [-0.2, 0) is 15.9 Å². The van der Waals surface area contributed by atoms with Crippen LogP contribution in [0.5, 0.6) is 0 Å². The highest BCUT2D eigenvalue weighted by atomic mass is 16.7. The molecule has 3 unspecified atom stereocenters. The minimum Gasteiger partial charge on any atom is -0.429 e. The molecule has 5 atom stereocenters. The summed E-state index contributed by atoms with van der Waals surface area (Å²) < 4.78 is 11.1. The lowest BCUT2D eigenvalue weighted by Gasteiger charge is -2.39. The summed E-state index contributed by atoms with van der Waals surface area (Å²) in [5, 5.41) is 34.3. The van der Waals surface area contributed by atoms with Crippen LogP contribution in [0.15, 0.2) is 84.0 Å². The summed E-state index contributed by atoms with van der Waals surface area (Å²) in [5.74, 6) is -0.860. The summed E-state index contributed by atoms with van der Waals surface area (Å²) in [6, 6.07) is 18.2. The Balaban J connectivity index is 1.60. The van der Waals surface area contributed by atoms with Gasteiger partial charge in [-0.05, 0) is 70.9 Å². The minimum atomic E-state index is -1.63. The number of aliphatic hydroxyl groups is 3. The van der Waals surface area contributed by atoms with Crippen LogP contribution in [0.3, 0.4) is 0 Å². The Kier molecular flexibility index (Phi) is 9.55. The van der Waals surface area contributed by atoms with Gasteiger partial charge in [-0.25, -0.2) is 4.79 Å². The number of rotatable bonds is 8. The van der Waals surface area contributed by atoms with Crippen LogP contribution in [-0.4, -0.2) is 64.3 Å². The molecule has 0 aliphatic carbocycles. The maximum atomic E-state index is 13.7. The first-order valence-electron chi connectivity index (χ1n) is 15.1. The zero-order valence-electron chi connectivity index (χ0n) is 26.2. The van der Waals surface area contributed by atoms with Crippen LogP contribution in [0.25, 0.3) is 0 Å². The normalized spacial score (nSPS) is 22.0. The lowest BCUT2D eigenvalue weighted by atomic mass is 9.94. The second-order valence-electron chi connectivity index (χ2n) is 12.0. The predicted molar refractivity (Wildman–Crippen MR) is 173 cm³/mol. The molecule has 2 heterocycles. The number of anilines is 4. The number of nitrogens with zero attached hydrogens (tertiary/aromatic N) is 1. The predicted octanol–water partition coefficient (Wildman–Crippen LogP) is 5.57. The molecule has 0 saturated carbocycles. The maximum Gasteiger partial charge on any atom is 0.342 e. The number of hydrogen-bond donors (Lipinski definition) is 4. The van der Waals surface area contributed by atoms with Crippen molar-refractivity contribution < 1.29 is 34.4 Å². The SMILES string of the molecule is CC(C)=CCc1cc(C(=O)c2ccccc2)cc2c1Nc1c(C(=O)O[C@@H]3OC(C)[C@H](O)C(O)C3O)cccc1N2CC=C(C)C. The van der Waals surface area contributed by atoms with Crippen molar-refractivity contribution in [2.75, 3.05) is 16.8 Å². The molecule has 2 aliphatic heterocycles. The number of hydrogen-bond acceptors (Lipinski definition) is 9. The molecule has 0 amide bonds. The highest BCUT2D eigenvalue weighted by Crippen LogP contribution is 2.48. The zero-order valence-corrected chi connectivity index (χ0v) is 26.2.